The molecule has 3 heteroatoms. The van der Waals surface area contributed by atoms with Crippen LogP contribution in [0.15, 0.2) is 53.3 Å². The maximum absolute atomic E-state index is 13.1. The lowest BCUT2D eigenvalue weighted by Gasteiger charge is -2.09. The zero-order valence-corrected chi connectivity index (χ0v) is 12.0. The predicted octanol–water partition coefficient (Wildman–Crippen LogP) is 3.49. The lowest BCUT2D eigenvalue weighted by Crippen LogP contribution is -2.10. The van der Waals surface area contributed by atoms with E-state index in [1.54, 1.807) is 0 Å². The summed E-state index contributed by atoms with van der Waals surface area (Å²) in [6.45, 7) is 0. The Bertz CT molecular complexity index is 1120. The minimum absolute atomic E-state index is 0.0358. The van der Waals surface area contributed by atoms with Crippen LogP contribution in [0.3, 0.4) is 0 Å². The van der Waals surface area contributed by atoms with Gasteiger partial charge in [0.05, 0.1) is 27.6 Å². The highest BCUT2D eigenvalue weighted by Crippen LogP contribution is 2.32. The summed E-state index contributed by atoms with van der Waals surface area (Å²) < 4.78 is 1.88. The summed E-state index contributed by atoms with van der Waals surface area (Å²) in [4.78, 5) is 18.0. The van der Waals surface area contributed by atoms with Crippen LogP contribution in [0.2, 0.25) is 0 Å². The second-order valence-corrected chi connectivity index (χ2v) is 5.91. The Kier molecular flexibility index (Phi) is 2.26. The van der Waals surface area contributed by atoms with Gasteiger partial charge in [0.1, 0.15) is 0 Å². The fraction of sp³-hybridized carbons (Fsp3) is 0.158. The molecule has 0 bridgehead atoms. The van der Waals surface area contributed by atoms with Crippen LogP contribution in [0.4, 0.5) is 0 Å². The summed E-state index contributed by atoms with van der Waals surface area (Å²) in [5.74, 6) is 0. The monoisotopic (exact) mass is 286 g/mol. The molecule has 3 nitrogen and oxygen atoms in total. The lowest BCUT2D eigenvalue weighted by atomic mass is 9.98. The SMILES string of the molecule is O=c1c2ccccc2nc2c3c(c4ccccc4n13)CCC2. The van der Waals surface area contributed by atoms with Gasteiger partial charge in [-0.2, -0.15) is 0 Å². The molecule has 22 heavy (non-hydrogen) atoms. The summed E-state index contributed by atoms with van der Waals surface area (Å²) in [7, 11) is 0. The molecule has 0 atom stereocenters. The summed E-state index contributed by atoms with van der Waals surface area (Å²) >= 11 is 0. The first-order valence-corrected chi connectivity index (χ1v) is 7.68. The van der Waals surface area contributed by atoms with Crippen LogP contribution in [-0.2, 0) is 12.8 Å². The van der Waals surface area contributed by atoms with Gasteiger partial charge in [-0.1, -0.05) is 30.3 Å². The number of nitrogens with zero attached hydrogens (tertiary/aromatic N) is 2. The van der Waals surface area contributed by atoms with Crippen molar-refractivity contribution in [2.45, 2.75) is 19.3 Å². The van der Waals surface area contributed by atoms with Gasteiger partial charge >= 0.3 is 0 Å². The van der Waals surface area contributed by atoms with E-state index < -0.39 is 0 Å². The van der Waals surface area contributed by atoms with Gasteiger partial charge in [-0.15, -0.1) is 0 Å². The molecule has 0 saturated heterocycles. The molecule has 0 radical (unpaired) electrons. The molecule has 0 fully saturated rings. The maximum Gasteiger partial charge on any atom is 0.265 e. The number of rotatable bonds is 0. The van der Waals surface area contributed by atoms with E-state index >= 15 is 0 Å². The molecule has 1 aliphatic rings. The summed E-state index contributed by atoms with van der Waals surface area (Å²) in [6.07, 6.45) is 3.05. The van der Waals surface area contributed by atoms with Crippen molar-refractivity contribution < 1.29 is 0 Å². The molecule has 0 unspecified atom stereocenters. The second kappa shape index (κ2) is 4.17. The topological polar surface area (TPSA) is 34.4 Å². The first kappa shape index (κ1) is 11.9. The van der Waals surface area contributed by atoms with Crippen LogP contribution in [0, 0.1) is 0 Å². The van der Waals surface area contributed by atoms with E-state index in [4.69, 9.17) is 4.98 Å². The molecule has 4 aromatic rings. The molecule has 2 heterocycles. The molecule has 2 aromatic heterocycles. The van der Waals surface area contributed by atoms with Crippen LogP contribution in [0.1, 0.15) is 17.7 Å². The van der Waals surface area contributed by atoms with E-state index in [9.17, 15) is 4.79 Å². The number of fused-ring (bicyclic) bond motifs is 4. The van der Waals surface area contributed by atoms with Gasteiger partial charge in [0, 0.05) is 5.39 Å². The first-order chi connectivity index (χ1) is 10.8. The van der Waals surface area contributed by atoms with Gasteiger partial charge in [0.2, 0.25) is 0 Å². The van der Waals surface area contributed by atoms with Gasteiger partial charge < -0.3 is 0 Å². The average molecular weight is 286 g/mol. The van der Waals surface area contributed by atoms with Crippen molar-refractivity contribution in [3.8, 4) is 0 Å². The van der Waals surface area contributed by atoms with Crippen LogP contribution < -0.4 is 5.56 Å². The molecule has 1 aliphatic carbocycles. The van der Waals surface area contributed by atoms with Crippen LogP contribution in [-0.4, -0.2) is 9.38 Å². The van der Waals surface area contributed by atoms with Crippen molar-refractivity contribution in [3.05, 3.63) is 70.1 Å². The third-order valence-electron chi connectivity index (χ3n) is 4.69. The smallest absolute Gasteiger partial charge is 0.265 e. The molecule has 5 rings (SSSR count). The average Bonchev–Trinajstić information content (AvgIpc) is 2.84. The molecule has 0 saturated carbocycles. The third-order valence-corrected chi connectivity index (χ3v) is 4.69. The minimum atomic E-state index is 0.0358. The largest absolute Gasteiger partial charge is 0.274 e. The van der Waals surface area contributed by atoms with E-state index in [1.807, 2.05) is 46.9 Å². The second-order valence-electron chi connectivity index (χ2n) is 5.91. The lowest BCUT2D eigenvalue weighted by molar-refractivity contribution is 0.789. The van der Waals surface area contributed by atoms with E-state index in [-0.39, 0.29) is 5.56 Å². The zero-order chi connectivity index (χ0) is 14.7. The van der Waals surface area contributed by atoms with E-state index in [1.165, 1.54) is 10.9 Å². The van der Waals surface area contributed by atoms with Crippen LogP contribution >= 0.6 is 0 Å². The van der Waals surface area contributed by atoms with Crippen LogP contribution in [0.5, 0.6) is 0 Å². The highest BCUT2D eigenvalue weighted by molar-refractivity contribution is 5.94. The molecule has 0 amide bonds. The number of benzene rings is 2. The van der Waals surface area contributed by atoms with E-state index in [0.29, 0.717) is 5.39 Å². The first-order valence-electron chi connectivity index (χ1n) is 7.68. The number of hydrogen-bond donors (Lipinski definition) is 0. The number of aromatic nitrogens is 2. The highest BCUT2D eigenvalue weighted by Gasteiger charge is 2.21. The summed E-state index contributed by atoms with van der Waals surface area (Å²) in [5.41, 5.74) is 5.20. The molecule has 106 valence electrons. The predicted molar refractivity (Wildman–Crippen MR) is 88.5 cm³/mol. The van der Waals surface area contributed by atoms with E-state index in [0.717, 1.165) is 41.5 Å². The van der Waals surface area contributed by atoms with Gasteiger partial charge in [-0.05, 0) is 43.0 Å². The molecular weight excluding hydrogens is 272 g/mol. The fourth-order valence-electron chi connectivity index (χ4n) is 3.75. The van der Waals surface area contributed by atoms with Gasteiger partial charge in [-0.3, -0.25) is 14.2 Å². The van der Waals surface area contributed by atoms with E-state index in [2.05, 4.69) is 6.07 Å². The standard InChI is InChI=1S/C19H14N2O/c22-19-14-7-1-3-9-15(14)20-16-10-5-8-13-12-6-2-4-11-17(12)21(19)18(13)16/h1-4,6-7,9,11H,5,8,10H2. The Morgan fingerprint density at radius 1 is 0.909 bits per heavy atom. The molecule has 2 aromatic carbocycles. The number of hydrogen-bond acceptors (Lipinski definition) is 2. The quantitative estimate of drug-likeness (QED) is 0.496. The number of para-hydroxylation sites is 2. The normalized spacial score (nSPS) is 14.0. The van der Waals surface area contributed by atoms with Crippen molar-refractivity contribution in [1.29, 1.82) is 0 Å². The van der Waals surface area contributed by atoms with Crippen molar-refractivity contribution in [2.75, 3.05) is 0 Å². The Morgan fingerprint density at radius 3 is 2.59 bits per heavy atom. The Labute approximate surface area is 126 Å². The molecular formula is C19H14N2O. The molecule has 0 N–H and O–H groups in total. The van der Waals surface area contributed by atoms with Crippen molar-refractivity contribution >= 4 is 27.3 Å². The van der Waals surface area contributed by atoms with Crippen LogP contribution in [0.25, 0.3) is 27.3 Å². The summed E-state index contributed by atoms with van der Waals surface area (Å²) in [5, 5.41) is 1.88. The van der Waals surface area contributed by atoms with Gasteiger partial charge in [0.25, 0.3) is 5.56 Å². The Hall–Kier alpha value is -2.68. The van der Waals surface area contributed by atoms with Crippen molar-refractivity contribution in [2.24, 2.45) is 0 Å². The maximum atomic E-state index is 13.1. The van der Waals surface area contributed by atoms with Gasteiger partial charge in [0.15, 0.2) is 0 Å². The Balaban J connectivity index is 2.22. The fourth-order valence-corrected chi connectivity index (χ4v) is 3.75. The number of aryl methyl sites for hydroxylation is 2. The van der Waals surface area contributed by atoms with Gasteiger partial charge in [-0.25, -0.2) is 0 Å². The van der Waals surface area contributed by atoms with Crippen molar-refractivity contribution in [1.82, 2.24) is 9.38 Å². The van der Waals surface area contributed by atoms with Crippen molar-refractivity contribution in [3.63, 3.8) is 0 Å². The third kappa shape index (κ3) is 1.40. The highest BCUT2D eigenvalue weighted by atomic mass is 16.1. The molecule has 0 aliphatic heterocycles. The summed E-state index contributed by atoms with van der Waals surface area (Å²) in [6, 6.07) is 15.9. The Morgan fingerprint density at radius 2 is 1.68 bits per heavy atom. The molecule has 0 spiro atoms. The zero-order valence-electron chi connectivity index (χ0n) is 12.0. The minimum Gasteiger partial charge on any atom is -0.274 e.